The number of carbonyl (C=O) groups excluding carboxylic acids is 2. The zero-order valence-electron chi connectivity index (χ0n) is 11.3. The number of hydrogen-bond donors (Lipinski definition) is 2. The maximum atomic E-state index is 12.0. The Kier molecular flexibility index (Phi) is 5.93. The molecule has 0 bridgehead atoms. The number of amides is 2. The van der Waals surface area contributed by atoms with E-state index >= 15 is 0 Å². The minimum absolute atomic E-state index is 0.0205. The lowest BCUT2D eigenvalue weighted by atomic mass is 10.1. The Hall–Kier alpha value is -2.14. The van der Waals surface area contributed by atoms with Crippen molar-refractivity contribution in [1.82, 2.24) is 15.1 Å². The lowest BCUT2D eigenvalue weighted by molar-refractivity contribution is -0.145. The van der Waals surface area contributed by atoms with E-state index in [1.165, 1.54) is 4.90 Å². The number of likely N-dealkylation sites (N-methyl/N-ethyl adjacent to an activating group) is 1. The summed E-state index contributed by atoms with van der Waals surface area (Å²) in [5.74, 6) is -1.68. The van der Waals surface area contributed by atoms with E-state index in [4.69, 9.17) is 10.4 Å². The number of rotatable bonds is 6. The molecule has 0 aromatic rings. The molecule has 20 heavy (non-hydrogen) atoms. The third-order valence-electron chi connectivity index (χ3n) is 3.13. The first-order valence-electron chi connectivity index (χ1n) is 6.30. The summed E-state index contributed by atoms with van der Waals surface area (Å²) in [5.41, 5.74) is 0. The fourth-order valence-corrected chi connectivity index (χ4v) is 1.98. The molecule has 0 aromatic heterocycles. The molecule has 1 unspecified atom stereocenters. The Morgan fingerprint density at radius 3 is 2.90 bits per heavy atom. The molecule has 8 heteroatoms. The minimum atomic E-state index is -1.08. The van der Waals surface area contributed by atoms with Gasteiger partial charge in [0, 0.05) is 26.7 Å². The van der Waals surface area contributed by atoms with Crippen LogP contribution in [0.25, 0.3) is 0 Å². The summed E-state index contributed by atoms with van der Waals surface area (Å²) in [6.45, 7) is 1.12. The minimum Gasteiger partial charge on any atom is -0.481 e. The average Bonchev–Trinajstić information content (AvgIpc) is 2.39. The van der Waals surface area contributed by atoms with Gasteiger partial charge in [0.25, 0.3) is 0 Å². The molecule has 0 radical (unpaired) electrons. The number of nitrogens with zero attached hydrogens (tertiary/aromatic N) is 3. The third kappa shape index (κ3) is 4.51. The van der Waals surface area contributed by atoms with Crippen LogP contribution in [0.3, 0.4) is 0 Å². The molecule has 0 aromatic carbocycles. The van der Waals surface area contributed by atoms with Gasteiger partial charge in [0.15, 0.2) is 0 Å². The van der Waals surface area contributed by atoms with Gasteiger partial charge in [0.05, 0.1) is 25.5 Å². The van der Waals surface area contributed by atoms with Crippen LogP contribution in [0.2, 0.25) is 0 Å². The van der Waals surface area contributed by atoms with Crippen molar-refractivity contribution in [2.45, 2.75) is 18.9 Å². The SMILES string of the molecule is CN(CCC#N)C(=O)CN1CCNC(=O)C1CC(=O)O. The molecular weight excluding hydrogens is 264 g/mol. The highest BCUT2D eigenvalue weighted by Crippen LogP contribution is 2.09. The van der Waals surface area contributed by atoms with E-state index < -0.39 is 12.0 Å². The number of carboxylic acid groups (broad SMARTS) is 1. The van der Waals surface area contributed by atoms with Crippen LogP contribution in [0, 0.1) is 11.3 Å². The Labute approximate surface area is 116 Å². The van der Waals surface area contributed by atoms with Gasteiger partial charge < -0.3 is 15.3 Å². The standard InChI is InChI=1S/C12H18N4O4/c1-15(5-2-3-13)10(17)8-16-6-4-14-12(20)9(16)7-11(18)19/h9H,2,4-8H2,1H3,(H,14,20)(H,18,19). The maximum Gasteiger partial charge on any atom is 0.305 e. The van der Waals surface area contributed by atoms with Crippen LogP contribution in [0.5, 0.6) is 0 Å². The van der Waals surface area contributed by atoms with E-state index in [0.29, 0.717) is 19.6 Å². The van der Waals surface area contributed by atoms with Crippen molar-refractivity contribution in [2.75, 3.05) is 33.2 Å². The van der Waals surface area contributed by atoms with Crippen molar-refractivity contribution in [3.63, 3.8) is 0 Å². The van der Waals surface area contributed by atoms with Crippen LogP contribution >= 0.6 is 0 Å². The van der Waals surface area contributed by atoms with E-state index in [2.05, 4.69) is 5.32 Å². The molecule has 0 saturated carbocycles. The zero-order valence-corrected chi connectivity index (χ0v) is 11.3. The first kappa shape index (κ1) is 15.9. The fraction of sp³-hybridized carbons (Fsp3) is 0.667. The first-order valence-corrected chi connectivity index (χ1v) is 6.30. The van der Waals surface area contributed by atoms with E-state index in [-0.39, 0.29) is 31.2 Å². The van der Waals surface area contributed by atoms with Crippen LogP contribution in [0.4, 0.5) is 0 Å². The van der Waals surface area contributed by atoms with Gasteiger partial charge in [0.2, 0.25) is 11.8 Å². The molecule has 1 saturated heterocycles. The molecular formula is C12H18N4O4. The predicted octanol–water partition coefficient (Wildman–Crippen LogP) is -1.37. The lowest BCUT2D eigenvalue weighted by Gasteiger charge is -2.34. The Morgan fingerprint density at radius 2 is 2.30 bits per heavy atom. The van der Waals surface area contributed by atoms with Crippen LogP contribution in [0.1, 0.15) is 12.8 Å². The molecule has 8 nitrogen and oxygen atoms in total. The van der Waals surface area contributed by atoms with Crippen LogP contribution < -0.4 is 5.32 Å². The molecule has 1 fully saturated rings. The van der Waals surface area contributed by atoms with Gasteiger partial charge in [-0.2, -0.15) is 5.26 Å². The van der Waals surface area contributed by atoms with E-state index in [1.54, 1.807) is 11.9 Å². The third-order valence-corrected chi connectivity index (χ3v) is 3.13. The summed E-state index contributed by atoms with van der Waals surface area (Å²) in [7, 11) is 1.58. The number of piperazine rings is 1. The van der Waals surface area contributed by atoms with Crippen molar-refractivity contribution in [2.24, 2.45) is 0 Å². The van der Waals surface area contributed by atoms with Crippen LogP contribution in [-0.2, 0) is 14.4 Å². The zero-order chi connectivity index (χ0) is 15.1. The van der Waals surface area contributed by atoms with Gasteiger partial charge in [-0.15, -0.1) is 0 Å². The number of hydrogen-bond acceptors (Lipinski definition) is 5. The smallest absolute Gasteiger partial charge is 0.305 e. The van der Waals surface area contributed by atoms with E-state index in [0.717, 1.165) is 0 Å². The highest BCUT2D eigenvalue weighted by Gasteiger charge is 2.33. The topological polar surface area (TPSA) is 114 Å². The highest BCUT2D eigenvalue weighted by atomic mass is 16.4. The van der Waals surface area contributed by atoms with Crippen molar-refractivity contribution in [3.05, 3.63) is 0 Å². The van der Waals surface area contributed by atoms with Gasteiger partial charge >= 0.3 is 5.97 Å². The van der Waals surface area contributed by atoms with Crippen LogP contribution in [0.15, 0.2) is 0 Å². The molecule has 0 aliphatic carbocycles. The van der Waals surface area contributed by atoms with Gasteiger partial charge in [-0.25, -0.2) is 0 Å². The van der Waals surface area contributed by atoms with E-state index in [9.17, 15) is 14.4 Å². The quantitative estimate of drug-likeness (QED) is 0.621. The number of nitriles is 1. The molecule has 1 aliphatic rings. The molecule has 2 amide bonds. The number of nitrogens with one attached hydrogen (secondary N) is 1. The van der Waals surface area contributed by atoms with Crippen molar-refractivity contribution in [1.29, 1.82) is 5.26 Å². The van der Waals surface area contributed by atoms with Gasteiger partial charge in [-0.05, 0) is 0 Å². The highest BCUT2D eigenvalue weighted by molar-refractivity contribution is 5.87. The second-order valence-electron chi connectivity index (χ2n) is 4.60. The van der Waals surface area contributed by atoms with Crippen molar-refractivity contribution >= 4 is 17.8 Å². The summed E-state index contributed by atoms with van der Waals surface area (Å²) < 4.78 is 0. The second-order valence-corrected chi connectivity index (χ2v) is 4.60. The lowest BCUT2D eigenvalue weighted by Crippen LogP contribution is -2.58. The summed E-state index contributed by atoms with van der Waals surface area (Å²) in [5, 5.41) is 19.9. The summed E-state index contributed by atoms with van der Waals surface area (Å²) >= 11 is 0. The summed E-state index contributed by atoms with van der Waals surface area (Å²) in [6.07, 6.45) is -0.0949. The van der Waals surface area contributed by atoms with Gasteiger partial charge in [-0.1, -0.05) is 0 Å². The molecule has 110 valence electrons. The molecule has 1 heterocycles. The Bertz CT molecular complexity index is 432. The summed E-state index contributed by atoms with van der Waals surface area (Å²) in [6, 6.07) is 1.13. The normalized spacial score (nSPS) is 19.0. The average molecular weight is 282 g/mol. The molecule has 0 spiro atoms. The molecule has 2 N–H and O–H groups in total. The molecule has 1 atom stereocenters. The largest absolute Gasteiger partial charge is 0.481 e. The van der Waals surface area contributed by atoms with Crippen molar-refractivity contribution in [3.8, 4) is 6.07 Å². The predicted molar refractivity (Wildman–Crippen MR) is 68.5 cm³/mol. The number of carboxylic acids is 1. The fourth-order valence-electron chi connectivity index (χ4n) is 1.98. The van der Waals surface area contributed by atoms with Crippen LogP contribution in [-0.4, -0.2) is 72.0 Å². The van der Waals surface area contributed by atoms with Gasteiger partial charge in [0.1, 0.15) is 6.04 Å². The molecule has 1 rings (SSSR count). The monoisotopic (exact) mass is 282 g/mol. The molecule has 1 aliphatic heterocycles. The second kappa shape index (κ2) is 7.45. The summed E-state index contributed by atoms with van der Waals surface area (Å²) in [4.78, 5) is 37.4. The van der Waals surface area contributed by atoms with Gasteiger partial charge in [-0.3, -0.25) is 19.3 Å². The first-order chi connectivity index (χ1) is 9.45. The number of carbonyl (C=O) groups is 3. The maximum absolute atomic E-state index is 12.0. The van der Waals surface area contributed by atoms with E-state index in [1.807, 2.05) is 6.07 Å². The number of aliphatic carboxylic acids is 1. The van der Waals surface area contributed by atoms with Crippen molar-refractivity contribution < 1.29 is 19.5 Å². The Morgan fingerprint density at radius 1 is 1.60 bits per heavy atom. The Balaban J connectivity index is 2.62.